The zero-order valence-electron chi connectivity index (χ0n) is 18.8. The number of methoxy groups -OCH3 is 1. The first-order chi connectivity index (χ1) is 16.9. The Morgan fingerprint density at radius 1 is 0.800 bits per heavy atom. The van der Waals surface area contributed by atoms with Gasteiger partial charge in [0.1, 0.15) is 23.1 Å². The summed E-state index contributed by atoms with van der Waals surface area (Å²) in [5, 5.41) is 2.83. The lowest BCUT2D eigenvalue weighted by Gasteiger charge is -2.14. The average Bonchev–Trinajstić information content (AvgIpc) is 2.88. The standard InChI is InChI=1S/C28H21F2NO4/c1-34-28(33)19-7-5-18(6-8-19)17-31-27(32)25-16-21(20-3-2-4-23(30)15-20)9-14-26(25)35-24-12-10-22(29)11-13-24/h2-16H,17H2,1H3,(H,31,32). The number of benzene rings is 4. The topological polar surface area (TPSA) is 64.6 Å². The minimum absolute atomic E-state index is 0.195. The quantitative estimate of drug-likeness (QED) is 0.328. The van der Waals surface area contributed by atoms with Crippen molar-refractivity contribution in [1.82, 2.24) is 5.32 Å². The lowest BCUT2D eigenvalue weighted by molar-refractivity contribution is 0.0600. The number of carbonyl (C=O) groups excluding carboxylic acids is 2. The molecular weight excluding hydrogens is 452 g/mol. The lowest BCUT2D eigenvalue weighted by atomic mass is 10.0. The Kier molecular flexibility index (Phi) is 7.16. The van der Waals surface area contributed by atoms with Gasteiger partial charge in [0, 0.05) is 6.54 Å². The van der Waals surface area contributed by atoms with Gasteiger partial charge in [-0.2, -0.15) is 0 Å². The van der Waals surface area contributed by atoms with Crippen molar-refractivity contribution in [2.75, 3.05) is 7.11 Å². The van der Waals surface area contributed by atoms with Crippen LogP contribution < -0.4 is 10.1 Å². The van der Waals surface area contributed by atoms with Gasteiger partial charge in [-0.05, 0) is 77.4 Å². The summed E-state index contributed by atoms with van der Waals surface area (Å²) in [5.74, 6) is -1.05. The molecule has 0 fully saturated rings. The van der Waals surface area contributed by atoms with Gasteiger partial charge in [-0.1, -0.05) is 30.3 Å². The maximum atomic E-state index is 13.8. The van der Waals surface area contributed by atoms with Crippen LogP contribution in [0.3, 0.4) is 0 Å². The molecule has 0 atom stereocenters. The van der Waals surface area contributed by atoms with Crippen LogP contribution in [0, 0.1) is 11.6 Å². The first-order valence-electron chi connectivity index (χ1n) is 10.7. The average molecular weight is 473 g/mol. The van der Waals surface area contributed by atoms with Crippen LogP contribution in [0.15, 0.2) is 91.0 Å². The summed E-state index contributed by atoms with van der Waals surface area (Å²) < 4.78 is 37.6. The molecule has 176 valence electrons. The number of ether oxygens (including phenoxy) is 2. The van der Waals surface area contributed by atoms with E-state index in [2.05, 4.69) is 10.1 Å². The molecule has 4 rings (SSSR count). The molecule has 0 radical (unpaired) electrons. The highest BCUT2D eigenvalue weighted by Crippen LogP contribution is 2.31. The van der Waals surface area contributed by atoms with Gasteiger partial charge in [0.25, 0.3) is 5.91 Å². The minimum atomic E-state index is -0.447. The van der Waals surface area contributed by atoms with E-state index in [4.69, 9.17) is 4.74 Å². The van der Waals surface area contributed by atoms with E-state index in [1.54, 1.807) is 54.6 Å². The number of esters is 1. The molecular formula is C28H21F2NO4. The molecule has 5 nitrogen and oxygen atoms in total. The zero-order valence-corrected chi connectivity index (χ0v) is 18.8. The number of nitrogens with one attached hydrogen (secondary N) is 1. The second kappa shape index (κ2) is 10.6. The van der Waals surface area contributed by atoms with Crippen LogP contribution in [0.5, 0.6) is 11.5 Å². The molecule has 0 spiro atoms. The molecule has 0 aromatic heterocycles. The van der Waals surface area contributed by atoms with Gasteiger partial charge in [0.05, 0.1) is 18.2 Å². The predicted molar refractivity (Wildman–Crippen MR) is 127 cm³/mol. The molecule has 0 aliphatic carbocycles. The largest absolute Gasteiger partial charge is 0.465 e. The van der Waals surface area contributed by atoms with Gasteiger partial charge < -0.3 is 14.8 Å². The fourth-order valence-corrected chi connectivity index (χ4v) is 3.43. The molecule has 1 amide bonds. The number of halogens is 2. The van der Waals surface area contributed by atoms with E-state index in [0.717, 1.165) is 5.56 Å². The van der Waals surface area contributed by atoms with Crippen molar-refractivity contribution < 1.29 is 27.8 Å². The monoisotopic (exact) mass is 473 g/mol. The van der Waals surface area contributed by atoms with Crippen LogP contribution in [0.25, 0.3) is 11.1 Å². The summed E-state index contributed by atoms with van der Waals surface area (Å²) in [6.45, 7) is 0.195. The maximum absolute atomic E-state index is 13.8. The van der Waals surface area contributed by atoms with Crippen molar-refractivity contribution in [1.29, 1.82) is 0 Å². The number of hydrogen-bond acceptors (Lipinski definition) is 4. The third-order valence-corrected chi connectivity index (χ3v) is 5.25. The summed E-state index contributed by atoms with van der Waals surface area (Å²) in [6, 6.07) is 23.1. The zero-order chi connectivity index (χ0) is 24.8. The Labute approximate surface area is 200 Å². The van der Waals surface area contributed by atoms with Crippen LogP contribution in [-0.4, -0.2) is 19.0 Å². The van der Waals surface area contributed by atoms with E-state index in [-0.39, 0.29) is 17.9 Å². The molecule has 4 aromatic carbocycles. The minimum Gasteiger partial charge on any atom is -0.465 e. The summed E-state index contributed by atoms with van der Waals surface area (Å²) in [7, 11) is 1.31. The predicted octanol–water partition coefficient (Wildman–Crippen LogP) is 6.14. The Hall–Kier alpha value is -4.52. The second-order valence-corrected chi connectivity index (χ2v) is 7.65. The van der Waals surface area contributed by atoms with Crippen molar-refractivity contribution >= 4 is 11.9 Å². The van der Waals surface area contributed by atoms with Crippen molar-refractivity contribution in [2.45, 2.75) is 6.54 Å². The van der Waals surface area contributed by atoms with Crippen LogP contribution in [0.1, 0.15) is 26.3 Å². The van der Waals surface area contributed by atoms with E-state index in [1.165, 1.54) is 43.5 Å². The second-order valence-electron chi connectivity index (χ2n) is 7.65. The Morgan fingerprint density at radius 2 is 1.51 bits per heavy atom. The summed E-state index contributed by atoms with van der Waals surface area (Å²) >= 11 is 0. The number of amides is 1. The summed E-state index contributed by atoms with van der Waals surface area (Å²) in [4.78, 5) is 24.8. The van der Waals surface area contributed by atoms with Crippen LogP contribution >= 0.6 is 0 Å². The van der Waals surface area contributed by atoms with Crippen molar-refractivity contribution in [3.63, 3.8) is 0 Å². The van der Waals surface area contributed by atoms with Crippen LogP contribution in [-0.2, 0) is 11.3 Å². The molecule has 0 aliphatic heterocycles. The fourth-order valence-electron chi connectivity index (χ4n) is 3.43. The maximum Gasteiger partial charge on any atom is 0.337 e. The van der Waals surface area contributed by atoms with E-state index in [0.29, 0.717) is 22.4 Å². The van der Waals surface area contributed by atoms with E-state index in [9.17, 15) is 18.4 Å². The highest BCUT2D eigenvalue weighted by atomic mass is 19.1. The van der Waals surface area contributed by atoms with Crippen molar-refractivity contribution in [3.05, 3.63) is 119 Å². The molecule has 0 heterocycles. The van der Waals surface area contributed by atoms with E-state index >= 15 is 0 Å². The Bertz CT molecular complexity index is 1350. The smallest absolute Gasteiger partial charge is 0.337 e. The van der Waals surface area contributed by atoms with Crippen LogP contribution in [0.2, 0.25) is 0 Å². The highest BCUT2D eigenvalue weighted by Gasteiger charge is 2.16. The van der Waals surface area contributed by atoms with Gasteiger partial charge in [-0.25, -0.2) is 13.6 Å². The third-order valence-electron chi connectivity index (χ3n) is 5.25. The van der Waals surface area contributed by atoms with Crippen LogP contribution in [0.4, 0.5) is 8.78 Å². The van der Waals surface area contributed by atoms with Crippen molar-refractivity contribution in [3.8, 4) is 22.6 Å². The molecule has 1 N–H and O–H groups in total. The molecule has 0 saturated carbocycles. The molecule has 0 unspecified atom stereocenters. The van der Waals surface area contributed by atoms with Crippen molar-refractivity contribution in [2.24, 2.45) is 0 Å². The Morgan fingerprint density at radius 3 is 2.20 bits per heavy atom. The normalized spacial score (nSPS) is 10.5. The van der Waals surface area contributed by atoms with Gasteiger partial charge in [-0.3, -0.25) is 4.79 Å². The van der Waals surface area contributed by atoms with Gasteiger partial charge >= 0.3 is 5.97 Å². The number of hydrogen-bond donors (Lipinski definition) is 1. The summed E-state index contributed by atoms with van der Waals surface area (Å²) in [6.07, 6.45) is 0. The summed E-state index contributed by atoms with van der Waals surface area (Å²) in [5.41, 5.74) is 2.63. The SMILES string of the molecule is COC(=O)c1ccc(CNC(=O)c2cc(-c3cccc(F)c3)ccc2Oc2ccc(F)cc2)cc1. The number of rotatable bonds is 7. The van der Waals surface area contributed by atoms with Gasteiger partial charge in [0.2, 0.25) is 0 Å². The van der Waals surface area contributed by atoms with E-state index < -0.39 is 23.5 Å². The molecule has 35 heavy (non-hydrogen) atoms. The first-order valence-corrected chi connectivity index (χ1v) is 10.7. The third kappa shape index (κ3) is 5.89. The Balaban J connectivity index is 1.60. The molecule has 0 saturated heterocycles. The molecule has 0 bridgehead atoms. The molecule has 4 aromatic rings. The lowest BCUT2D eigenvalue weighted by Crippen LogP contribution is -2.23. The fraction of sp³-hybridized carbons (Fsp3) is 0.0714. The molecule has 0 aliphatic rings. The van der Waals surface area contributed by atoms with Gasteiger partial charge in [0.15, 0.2) is 0 Å². The molecule has 7 heteroatoms. The number of carbonyl (C=O) groups is 2. The highest BCUT2D eigenvalue weighted by molar-refractivity contribution is 5.98. The first kappa shape index (κ1) is 23.6. The van der Waals surface area contributed by atoms with E-state index in [1.807, 2.05) is 0 Å². The van der Waals surface area contributed by atoms with Gasteiger partial charge in [-0.15, -0.1) is 0 Å².